The van der Waals surface area contributed by atoms with E-state index in [-0.39, 0.29) is 27.1 Å². The van der Waals surface area contributed by atoms with Gasteiger partial charge in [-0.3, -0.25) is 9.59 Å². The molecule has 1 saturated carbocycles. The van der Waals surface area contributed by atoms with Crippen LogP contribution in [0.4, 0.5) is 5.69 Å². The summed E-state index contributed by atoms with van der Waals surface area (Å²) < 4.78 is 0. The quantitative estimate of drug-likeness (QED) is 0.783. The van der Waals surface area contributed by atoms with Gasteiger partial charge in [0.2, 0.25) is 0 Å². The van der Waals surface area contributed by atoms with E-state index in [1.165, 1.54) is 30.5 Å². The first kappa shape index (κ1) is 16.6. The van der Waals surface area contributed by atoms with Gasteiger partial charge in [-0.1, -0.05) is 47.5 Å². The summed E-state index contributed by atoms with van der Waals surface area (Å²) in [6, 6.07) is 10.4. The number of fused-ring (bicyclic) bond motifs is 1. The fraction of sp³-hybridized carbons (Fsp3) is 0.263. The van der Waals surface area contributed by atoms with Crippen molar-refractivity contribution in [2.24, 2.45) is 0 Å². The molecule has 6 heteroatoms. The van der Waals surface area contributed by atoms with E-state index in [0.717, 1.165) is 0 Å². The van der Waals surface area contributed by atoms with Gasteiger partial charge in [-0.2, -0.15) is 0 Å². The summed E-state index contributed by atoms with van der Waals surface area (Å²) in [5.74, 6) is -0.425. The molecule has 2 aromatic carbocycles. The van der Waals surface area contributed by atoms with Gasteiger partial charge in [-0.05, 0) is 36.5 Å². The van der Waals surface area contributed by atoms with E-state index in [4.69, 9.17) is 23.2 Å². The van der Waals surface area contributed by atoms with Crippen LogP contribution in [0.1, 0.15) is 46.7 Å². The maximum absolute atomic E-state index is 12.6. The molecule has 1 atom stereocenters. The Morgan fingerprint density at radius 2 is 1.76 bits per heavy atom. The normalized spacial score (nSPS) is 21.8. The Morgan fingerprint density at radius 1 is 1.12 bits per heavy atom. The Morgan fingerprint density at radius 3 is 2.40 bits per heavy atom. The fourth-order valence-corrected chi connectivity index (χ4v) is 3.79. The predicted octanol–water partition coefficient (Wildman–Crippen LogP) is 4.28. The highest BCUT2D eigenvalue weighted by Crippen LogP contribution is 2.46. The van der Waals surface area contributed by atoms with Gasteiger partial charge >= 0.3 is 0 Å². The average molecular weight is 376 g/mol. The summed E-state index contributed by atoms with van der Waals surface area (Å²) in [4.78, 5) is 25.0. The number of hydrogen-bond donors (Lipinski definition) is 2. The molecule has 4 nitrogen and oxygen atoms in total. The van der Waals surface area contributed by atoms with Crippen molar-refractivity contribution in [3.8, 4) is 0 Å². The molecule has 0 bridgehead atoms. The SMILES string of the molecule is O=C(CC1(O)C(=O)Nc2c(Cl)ccc(Cl)c21)c1ccc(C2CC2)cc1. The zero-order chi connectivity index (χ0) is 17.8. The van der Waals surface area contributed by atoms with Gasteiger partial charge < -0.3 is 10.4 Å². The predicted molar refractivity (Wildman–Crippen MR) is 96.4 cm³/mol. The maximum Gasteiger partial charge on any atom is 0.261 e. The summed E-state index contributed by atoms with van der Waals surface area (Å²) >= 11 is 12.2. The topological polar surface area (TPSA) is 66.4 Å². The zero-order valence-electron chi connectivity index (χ0n) is 13.2. The molecule has 25 heavy (non-hydrogen) atoms. The summed E-state index contributed by atoms with van der Waals surface area (Å²) in [6.45, 7) is 0. The van der Waals surface area contributed by atoms with Crippen molar-refractivity contribution in [3.05, 3.63) is 63.1 Å². The summed E-state index contributed by atoms with van der Waals surface area (Å²) in [5.41, 5.74) is 0.0725. The molecule has 0 saturated heterocycles. The minimum atomic E-state index is -2.02. The van der Waals surface area contributed by atoms with Gasteiger partial charge in [0.25, 0.3) is 5.91 Å². The number of halogens is 2. The van der Waals surface area contributed by atoms with Crippen molar-refractivity contribution >= 4 is 40.6 Å². The number of rotatable bonds is 4. The molecule has 1 fully saturated rings. The maximum atomic E-state index is 12.6. The van der Waals surface area contributed by atoms with Crippen LogP contribution in [0.15, 0.2) is 36.4 Å². The molecular weight excluding hydrogens is 361 g/mol. The monoisotopic (exact) mass is 375 g/mol. The minimum Gasteiger partial charge on any atom is -0.375 e. The molecule has 2 N–H and O–H groups in total. The smallest absolute Gasteiger partial charge is 0.261 e. The van der Waals surface area contributed by atoms with Crippen LogP contribution in [0.25, 0.3) is 0 Å². The van der Waals surface area contributed by atoms with Gasteiger partial charge in [0, 0.05) is 16.1 Å². The Kier molecular flexibility index (Phi) is 3.87. The lowest BCUT2D eigenvalue weighted by Crippen LogP contribution is -2.36. The van der Waals surface area contributed by atoms with E-state index in [0.29, 0.717) is 11.5 Å². The van der Waals surface area contributed by atoms with E-state index in [9.17, 15) is 14.7 Å². The number of hydrogen-bond acceptors (Lipinski definition) is 3. The second-order valence-electron chi connectivity index (χ2n) is 6.59. The van der Waals surface area contributed by atoms with Crippen LogP contribution in [-0.2, 0) is 10.4 Å². The van der Waals surface area contributed by atoms with Gasteiger partial charge in [0.15, 0.2) is 11.4 Å². The number of anilines is 1. The minimum absolute atomic E-state index is 0.162. The third kappa shape index (κ3) is 2.74. The molecule has 1 unspecified atom stereocenters. The Bertz CT molecular complexity index is 890. The Balaban J connectivity index is 1.65. The molecule has 2 aromatic rings. The molecule has 2 aliphatic rings. The Labute approximate surface area is 154 Å². The van der Waals surface area contributed by atoms with E-state index in [1.807, 2.05) is 12.1 Å². The van der Waals surface area contributed by atoms with Crippen molar-refractivity contribution in [1.29, 1.82) is 0 Å². The number of Topliss-reactive ketones (excluding diaryl/α,β-unsaturated/α-hetero) is 1. The Hall–Kier alpha value is -1.88. The van der Waals surface area contributed by atoms with E-state index in [1.54, 1.807) is 12.1 Å². The molecular formula is C19H15Cl2NO3. The number of aliphatic hydroxyl groups is 1. The summed E-state index contributed by atoms with van der Waals surface area (Å²) in [5, 5.41) is 13.9. The molecule has 1 aliphatic carbocycles. The lowest BCUT2D eigenvalue weighted by atomic mass is 9.88. The number of amides is 1. The molecule has 0 radical (unpaired) electrons. The molecule has 0 spiro atoms. The first-order valence-electron chi connectivity index (χ1n) is 8.05. The van der Waals surface area contributed by atoms with Crippen LogP contribution in [0.5, 0.6) is 0 Å². The molecule has 1 heterocycles. The third-order valence-corrected chi connectivity index (χ3v) is 5.46. The van der Waals surface area contributed by atoms with Gasteiger partial charge in [0.05, 0.1) is 17.1 Å². The van der Waals surface area contributed by atoms with Gasteiger partial charge in [-0.25, -0.2) is 0 Å². The highest BCUT2D eigenvalue weighted by atomic mass is 35.5. The first-order valence-corrected chi connectivity index (χ1v) is 8.81. The summed E-state index contributed by atoms with van der Waals surface area (Å²) in [7, 11) is 0. The second-order valence-corrected chi connectivity index (χ2v) is 7.40. The lowest BCUT2D eigenvalue weighted by molar-refractivity contribution is -0.133. The largest absolute Gasteiger partial charge is 0.375 e. The molecule has 0 aromatic heterocycles. The fourth-order valence-electron chi connectivity index (χ4n) is 3.27. The standard InChI is InChI=1S/C19H15Cl2NO3/c20-13-7-8-14(21)17-16(13)19(25,18(24)22-17)9-15(23)12-5-3-11(4-6-12)10-1-2-10/h3-8,10,25H,1-2,9H2,(H,22,24). The van der Waals surface area contributed by atoms with Crippen molar-refractivity contribution in [3.63, 3.8) is 0 Å². The third-order valence-electron chi connectivity index (χ3n) is 4.83. The highest BCUT2D eigenvalue weighted by molar-refractivity contribution is 6.38. The molecule has 1 aliphatic heterocycles. The van der Waals surface area contributed by atoms with Crippen molar-refractivity contribution < 1.29 is 14.7 Å². The lowest BCUT2D eigenvalue weighted by Gasteiger charge is -2.21. The van der Waals surface area contributed by atoms with Crippen molar-refractivity contribution in [2.75, 3.05) is 5.32 Å². The summed E-state index contributed by atoms with van der Waals surface area (Å²) in [6.07, 6.45) is 1.97. The molecule has 4 rings (SSSR count). The van der Waals surface area contributed by atoms with Crippen LogP contribution in [-0.4, -0.2) is 16.8 Å². The first-order chi connectivity index (χ1) is 11.9. The van der Waals surface area contributed by atoms with Crippen LogP contribution in [0, 0.1) is 0 Å². The number of ketones is 1. The van der Waals surface area contributed by atoms with Gasteiger partial charge in [-0.15, -0.1) is 0 Å². The van der Waals surface area contributed by atoms with E-state index < -0.39 is 17.9 Å². The zero-order valence-corrected chi connectivity index (χ0v) is 14.7. The van der Waals surface area contributed by atoms with E-state index >= 15 is 0 Å². The average Bonchev–Trinajstić information content (AvgIpc) is 3.39. The number of benzene rings is 2. The van der Waals surface area contributed by atoms with Gasteiger partial charge in [0.1, 0.15) is 0 Å². The van der Waals surface area contributed by atoms with Crippen LogP contribution in [0.2, 0.25) is 10.0 Å². The second kappa shape index (κ2) is 5.84. The van der Waals surface area contributed by atoms with E-state index in [2.05, 4.69) is 5.32 Å². The van der Waals surface area contributed by atoms with Crippen molar-refractivity contribution in [2.45, 2.75) is 30.8 Å². The van der Waals surface area contributed by atoms with Crippen LogP contribution < -0.4 is 5.32 Å². The van der Waals surface area contributed by atoms with Crippen LogP contribution in [0.3, 0.4) is 0 Å². The highest BCUT2D eigenvalue weighted by Gasteiger charge is 2.49. The van der Waals surface area contributed by atoms with Crippen molar-refractivity contribution in [1.82, 2.24) is 0 Å². The molecule has 1 amide bonds. The van der Waals surface area contributed by atoms with Crippen LogP contribution >= 0.6 is 23.2 Å². The number of nitrogens with one attached hydrogen (secondary N) is 1. The molecule has 128 valence electrons. The number of carbonyl (C=O) groups is 2. The number of carbonyl (C=O) groups excluding carboxylic acids is 2.